The molecule has 0 aromatic heterocycles. The second-order valence-electron chi connectivity index (χ2n) is 4.62. The fraction of sp³-hybridized carbons (Fsp3) is 0.900. The van der Waals surface area contributed by atoms with Crippen molar-refractivity contribution in [1.29, 1.82) is 0 Å². The third-order valence-electron chi connectivity index (χ3n) is 2.14. The Kier molecular flexibility index (Phi) is 3.84. The summed E-state index contributed by atoms with van der Waals surface area (Å²) in [7, 11) is 0. The van der Waals surface area contributed by atoms with Gasteiger partial charge in [-0.2, -0.15) is 11.8 Å². The molecule has 0 radical (unpaired) electrons. The molecule has 0 amide bonds. The topological polar surface area (TPSA) is 46.5 Å². The molecule has 1 aliphatic rings. The van der Waals surface area contributed by atoms with Gasteiger partial charge in [0.2, 0.25) is 0 Å². The van der Waals surface area contributed by atoms with Gasteiger partial charge in [0.1, 0.15) is 5.60 Å². The highest BCUT2D eigenvalue weighted by molar-refractivity contribution is 7.99. The van der Waals surface area contributed by atoms with Gasteiger partial charge in [-0.15, -0.1) is 0 Å². The maximum Gasteiger partial charge on any atom is 0.310 e. The molecule has 1 aliphatic heterocycles. The van der Waals surface area contributed by atoms with Crippen LogP contribution in [-0.2, 0) is 9.53 Å². The first-order chi connectivity index (χ1) is 6.44. The SMILES string of the molecule is CC(C)(C)OC(=O)[C@@H]1CSC[C@H]1CO. The van der Waals surface area contributed by atoms with Crippen LogP contribution in [0.25, 0.3) is 0 Å². The number of ether oxygens (including phenoxy) is 1. The lowest BCUT2D eigenvalue weighted by Crippen LogP contribution is -2.33. The zero-order chi connectivity index (χ0) is 10.8. The van der Waals surface area contributed by atoms with Crippen LogP contribution in [0.3, 0.4) is 0 Å². The van der Waals surface area contributed by atoms with Crippen LogP contribution in [0.5, 0.6) is 0 Å². The van der Waals surface area contributed by atoms with Crippen LogP contribution in [0.15, 0.2) is 0 Å². The van der Waals surface area contributed by atoms with Gasteiger partial charge in [-0.3, -0.25) is 4.79 Å². The monoisotopic (exact) mass is 218 g/mol. The molecule has 0 bridgehead atoms. The van der Waals surface area contributed by atoms with Gasteiger partial charge >= 0.3 is 5.97 Å². The Balaban J connectivity index is 2.52. The number of hydrogen-bond donors (Lipinski definition) is 1. The van der Waals surface area contributed by atoms with Crippen molar-refractivity contribution in [2.45, 2.75) is 26.4 Å². The van der Waals surface area contributed by atoms with Gasteiger partial charge in [0.25, 0.3) is 0 Å². The van der Waals surface area contributed by atoms with E-state index in [0.717, 1.165) is 11.5 Å². The summed E-state index contributed by atoms with van der Waals surface area (Å²) >= 11 is 1.71. The summed E-state index contributed by atoms with van der Waals surface area (Å²) in [6, 6.07) is 0. The van der Waals surface area contributed by atoms with Crippen molar-refractivity contribution < 1.29 is 14.6 Å². The Bertz CT molecular complexity index is 210. The molecule has 1 N–H and O–H groups in total. The third kappa shape index (κ3) is 3.17. The minimum Gasteiger partial charge on any atom is -0.460 e. The molecule has 0 aromatic carbocycles. The van der Waals surface area contributed by atoms with Gasteiger partial charge in [0, 0.05) is 18.3 Å². The van der Waals surface area contributed by atoms with Gasteiger partial charge < -0.3 is 9.84 Å². The van der Waals surface area contributed by atoms with E-state index in [1.54, 1.807) is 11.8 Å². The fourth-order valence-electron chi connectivity index (χ4n) is 1.42. The van der Waals surface area contributed by atoms with Crippen molar-refractivity contribution in [2.75, 3.05) is 18.1 Å². The summed E-state index contributed by atoms with van der Waals surface area (Å²) in [6.07, 6.45) is 0. The first kappa shape index (κ1) is 11.9. The van der Waals surface area contributed by atoms with Gasteiger partial charge in [-0.25, -0.2) is 0 Å². The highest BCUT2D eigenvalue weighted by Gasteiger charge is 2.35. The summed E-state index contributed by atoms with van der Waals surface area (Å²) in [5.74, 6) is 1.43. The first-order valence-corrected chi connectivity index (χ1v) is 6.01. The van der Waals surface area contributed by atoms with Crippen LogP contribution in [0.1, 0.15) is 20.8 Å². The summed E-state index contributed by atoms with van der Waals surface area (Å²) in [5, 5.41) is 9.06. The minimum absolute atomic E-state index is 0.0786. The van der Waals surface area contributed by atoms with Crippen LogP contribution in [-0.4, -0.2) is 34.8 Å². The average molecular weight is 218 g/mol. The number of aliphatic hydroxyl groups is 1. The fourth-order valence-corrected chi connectivity index (χ4v) is 2.86. The minimum atomic E-state index is -0.426. The largest absolute Gasteiger partial charge is 0.460 e. The molecule has 2 atom stereocenters. The van der Waals surface area contributed by atoms with Gasteiger partial charge in [-0.1, -0.05) is 0 Å². The van der Waals surface area contributed by atoms with E-state index in [2.05, 4.69) is 0 Å². The van der Waals surface area contributed by atoms with Crippen molar-refractivity contribution in [3.63, 3.8) is 0 Å². The third-order valence-corrected chi connectivity index (χ3v) is 3.40. The average Bonchev–Trinajstić information content (AvgIpc) is 2.47. The van der Waals surface area contributed by atoms with E-state index >= 15 is 0 Å². The van der Waals surface area contributed by atoms with Gasteiger partial charge in [0.05, 0.1) is 5.92 Å². The lowest BCUT2D eigenvalue weighted by Gasteiger charge is -2.23. The summed E-state index contributed by atoms with van der Waals surface area (Å²) in [5.41, 5.74) is -0.426. The molecule has 0 aliphatic carbocycles. The molecular formula is C10H18O3S. The predicted octanol–water partition coefficient (Wildman–Crippen LogP) is 1.30. The highest BCUT2D eigenvalue weighted by Crippen LogP contribution is 2.31. The number of aliphatic hydroxyl groups excluding tert-OH is 1. The van der Waals surface area contributed by atoms with Crippen molar-refractivity contribution in [1.82, 2.24) is 0 Å². The number of carbonyl (C=O) groups is 1. The van der Waals surface area contributed by atoms with E-state index < -0.39 is 5.60 Å². The van der Waals surface area contributed by atoms with E-state index in [0.29, 0.717) is 0 Å². The van der Waals surface area contributed by atoms with E-state index in [1.165, 1.54) is 0 Å². The molecule has 1 fully saturated rings. The van der Waals surface area contributed by atoms with Crippen LogP contribution >= 0.6 is 11.8 Å². The lowest BCUT2D eigenvalue weighted by atomic mass is 9.97. The maximum atomic E-state index is 11.7. The molecule has 82 valence electrons. The smallest absolute Gasteiger partial charge is 0.310 e. The van der Waals surface area contributed by atoms with Crippen LogP contribution < -0.4 is 0 Å². The molecule has 1 saturated heterocycles. The summed E-state index contributed by atoms with van der Waals surface area (Å²) < 4.78 is 5.29. The zero-order valence-corrected chi connectivity index (χ0v) is 9.76. The zero-order valence-electron chi connectivity index (χ0n) is 8.95. The molecule has 1 rings (SSSR count). The van der Waals surface area contributed by atoms with Crippen molar-refractivity contribution >= 4 is 17.7 Å². The quantitative estimate of drug-likeness (QED) is 0.710. The van der Waals surface area contributed by atoms with Crippen LogP contribution in [0, 0.1) is 11.8 Å². The Morgan fingerprint density at radius 3 is 2.64 bits per heavy atom. The molecule has 0 unspecified atom stereocenters. The Morgan fingerprint density at radius 1 is 1.50 bits per heavy atom. The molecule has 3 nitrogen and oxygen atoms in total. The first-order valence-electron chi connectivity index (χ1n) is 4.85. The number of esters is 1. The number of rotatable bonds is 2. The summed E-state index contributed by atoms with van der Waals surface area (Å²) in [6.45, 7) is 5.67. The lowest BCUT2D eigenvalue weighted by molar-refractivity contribution is -0.161. The highest BCUT2D eigenvalue weighted by atomic mass is 32.2. The standard InChI is InChI=1S/C10H18O3S/c1-10(2,3)13-9(12)8-6-14-5-7(8)4-11/h7-8,11H,4-6H2,1-3H3/t7-,8-/m1/s1. The molecule has 1 heterocycles. The van der Waals surface area contributed by atoms with Gasteiger partial charge in [-0.05, 0) is 26.5 Å². The van der Waals surface area contributed by atoms with E-state index in [-0.39, 0.29) is 24.4 Å². The van der Waals surface area contributed by atoms with E-state index in [1.807, 2.05) is 20.8 Å². The van der Waals surface area contributed by atoms with Crippen LogP contribution in [0.4, 0.5) is 0 Å². The molecule has 4 heteroatoms. The maximum absolute atomic E-state index is 11.7. The van der Waals surface area contributed by atoms with Gasteiger partial charge in [0.15, 0.2) is 0 Å². The normalized spacial score (nSPS) is 27.7. The molecule has 0 saturated carbocycles. The van der Waals surface area contributed by atoms with Crippen molar-refractivity contribution in [2.24, 2.45) is 11.8 Å². The van der Waals surface area contributed by atoms with Crippen molar-refractivity contribution in [3.8, 4) is 0 Å². The molecule has 14 heavy (non-hydrogen) atoms. The Labute approximate surface area is 89.2 Å². The summed E-state index contributed by atoms with van der Waals surface area (Å²) in [4.78, 5) is 11.7. The number of thioether (sulfide) groups is 1. The van der Waals surface area contributed by atoms with Crippen LogP contribution in [0.2, 0.25) is 0 Å². The number of hydrogen-bond acceptors (Lipinski definition) is 4. The molecule has 0 aromatic rings. The van der Waals surface area contributed by atoms with E-state index in [9.17, 15) is 4.79 Å². The Morgan fingerprint density at radius 2 is 2.14 bits per heavy atom. The second kappa shape index (κ2) is 4.53. The van der Waals surface area contributed by atoms with E-state index in [4.69, 9.17) is 9.84 Å². The Hall–Kier alpha value is -0.220. The second-order valence-corrected chi connectivity index (χ2v) is 5.69. The predicted molar refractivity (Wildman–Crippen MR) is 57.2 cm³/mol. The van der Waals surface area contributed by atoms with Crippen molar-refractivity contribution in [3.05, 3.63) is 0 Å². The molecular weight excluding hydrogens is 200 g/mol. The number of carbonyl (C=O) groups excluding carboxylic acids is 1. The molecule has 0 spiro atoms.